The van der Waals surface area contributed by atoms with Gasteiger partial charge >= 0.3 is 0 Å². The van der Waals surface area contributed by atoms with E-state index in [1.807, 2.05) is 6.92 Å². The van der Waals surface area contributed by atoms with Gasteiger partial charge in [-0.2, -0.15) is 4.98 Å². The SMILES string of the molecule is CCNc1cncc(OCCCC(C)C)n1. The summed E-state index contributed by atoms with van der Waals surface area (Å²) in [4.78, 5) is 8.35. The van der Waals surface area contributed by atoms with Crippen LogP contribution in [-0.2, 0) is 0 Å². The van der Waals surface area contributed by atoms with Crippen LogP contribution in [0.25, 0.3) is 0 Å². The van der Waals surface area contributed by atoms with Crippen molar-refractivity contribution in [3.8, 4) is 5.88 Å². The molecule has 0 aliphatic rings. The van der Waals surface area contributed by atoms with Crippen LogP contribution in [0.1, 0.15) is 33.6 Å². The van der Waals surface area contributed by atoms with Gasteiger partial charge in [-0.3, -0.25) is 4.98 Å². The van der Waals surface area contributed by atoms with Gasteiger partial charge < -0.3 is 10.1 Å². The maximum absolute atomic E-state index is 5.53. The Morgan fingerprint density at radius 2 is 2.19 bits per heavy atom. The first kappa shape index (κ1) is 12.7. The lowest BCUT2D eigenvalue weighted by Crippen LogP contribution is -2.04. The fourth-order valence-electron chi connectivity index (χ4n) is 1.35. The lowest BCUT2D eigenvalue weighted by atomic mass is 10.1. The quantitative estimate of drug-likeness (QED) is 0.722. The Labute approximate surface area is 97.5 Å². The zero-order chi connectivity index (χ0) is 11.8. The molecule has 90 valence electrons. The molecule has 1 N–H and O–H groups in total. The highest BCUT2D eigenvalue weighted by atomic mass is 16.5. The number of hydrogen-bond donors (Lipinski definition) is 1. The van der Waals surface area contributed by atoms with Crippen LogP contribution in [0.3, 0.4) is 0 Å². The Morgan fingerprint density at radius 1 is 1.38 bits per heavy atom. The van der Waals surface area contributed by atoms with Gasteiger partial charge in [0.15, 0.2) is 0 Å². The second kappa shape index (κ2) is 7.04. The van der Waals surface area contributed by atoms with E-state index in [1.54, 1.807) is 12.4 Å². The van der Waals surface area contributed by atoms with Crippen molar-refractivity contribution in [1.82, 2.24) is 9.97 Å². The fraction of sp³-hybridized carbons (Fsp3) is 0.667. The van der Waals surface area contributed by atoms with Crippen LogP contribution >= 0.6 is 0 Å². The van der Waals surface area contributed by atoms with Gasteiger partial charge in [-0.05, 0) is 25.7 Å². The van der Waals surface area contributed by atoms with E-state index < -0.39 is 0 Å². The van der Waals surface area contributed by atoms with Gasteiger partial charge in [0.1, 0.15) is 5.82 Å². The van der Waals surface area contributed by atoms with E-state index in [4.69, 9.17) is 4.74 Å². The number of anilines is 1. The third kappa shape index (κ3) is 4.96. The average Bonchev–Trinajstić information content (AvgIpc) is 2.25. The van der Waals surface area contributed by atoms with Gasteiger partial charge in [-0.1, -0.05) is 13.8 Å². The highest BCUT2D eigenvalue weighted by Crippen LogP contribution is 2.10. The third-order valence-electron chi connectivity index (χ3n) is 2.15. The van der Waals surface area contributed by atoms with Crippen LogP contribution in [0.15, 0.2) is 12.4 Å². The molecule has 4 heteroatoms. The van der Waals surface area contributed by atoms with Gasteiger partial charge in [0, 0.05) is 6.54 Å². The van der Waals surface area contributed by atoms with Crippen molar-refractivity contribution in [2.45, 2.75) is 33.6 Å². The molecule has 0 aromatic carbocycles. The molecule has 0 aliphatic heterocycles. The molecule has 1 aromatic rings. The number of hydrogen-bond acceptors (Lipinski definition) is 4. The fourth-order valence-corrected chi connectivity index (χ4v) is 1.35. The van der Waals surface area contributed by atoms with E-state index in [2.05, 4.69) is 29.1 Å². The van der Waals surface area contributed by atoms with Gasteiger partial charge in [-0.15, -0.1) is 0 Å². The highest BCUT2D eigenvalue weighted by Gasteiger charge is 1.99. The standard InChI is InChI=1S/C12H21N3O/c1-4-14-11-8-13-9-12(15-11)16-7-5-6-10(2)3/h8-10H,4-7H2,1-3H3,(H,14,15). The lowest BCUT2D eigenvalue weighted by molar-refractivity contribution is 0.286. The van der Waals surface area contributed by atoms with Crippen LogP contribution in [0.2, 0.25) is 0 Å². The van der Waals surface area contributed by atoms with Crippen molar-refractivity contribution in [2.75, 3.05) is 18.5 Å². The molecule has 0 saturated carbocycles. The number of rotatable bonds is 7. The van der Waals surface area contributed by atoms with Crippen LogP contribution in [-0.4, -0.2) is 23.1 Å². The van der Waals surface area contributed by atoms with E-state index in [0.717, 1.165) is 24.7 Å². The van der Waals surface area contributed by atoms with E-state index >= 15 is 0 Å². The Kier molecular flexibility index (Phi) is 5.61. The summed E-state index contributed by atoms with van der Waals surface area (Å²) in [7, 11) is 0. The molecule has 0 fully saturated rings. The molecular weight excluding hydrogens is 202 g/mol. The van der Waals surface area contributed by atoms with Crippen molar-refractivity contribution < 1.29 is 4.74 Å². The summed E-state index contributed by atoms with van der Waals surface area (Å²) >= 11 is 0. The number of ether oxygens (including phenoxy) is 1. The third-order valence-corrected chi connectivity index (χ3v) is 2.15. The normalized spacial score (nSPS) is 10.5. The molecule has 0 amide bonds. The Bertz CT molecular complexity index is 302. The molecule has 1 rings (SSSR count). The van der Waals surface area contributed by atoms with Crippen molar-refractivity contribution in [3.05, 3.63) is 12.4 Å². The summed E-state index contributed by atoms with van der Waals surface area (Å²) in [5.41, 5.74) is 0. The van der Waals surface area contributed by atoms with E-state index in [9.17, 15) is 0 Å². The van der Waals surface area contributed by atoms with Gasteiger partial charge in [0.05, 0.1) is 19.0 Å². The Hall–Kier alpha value is -1.32. The molecule has 1 aromatic heterocycles. The number of nitrogens with one attached hydrogen (secondary N) is 1. The molecule has 0 unspecified atom stereocenters. The largest absolute Gasteiger partial charge is 0.477 e. The summed E-state index contributed by atoms with van der Waals surface area (Å²) in [6.07, 6.45) is 5.59. The molecule has 0 bridgehead atoms. The maximum Gasteiger partial charge on any atom is 0.234 e. The second-order valence-corrected chi connectivity index (χ2v) is 4.16. The van der Waals surface area contributed by atoms with Crippen LogP contribution in [0, 0.1) is 5.92 Å². The molecular formula is C12H21N3O. The van der Waals surface area contributed by atoms with Crippen molar-refractivity contribution in [3.63, 3.8) is 0 Å². The Morgan fingerprint density at radius 3 is 2.88 bits per heavy atom. The summed E-state index contributed by atoms with van der Waals surface area (Å²) in [6, 6.07) is 0. The zero-order valence-corrected chi connectivity index (χ0v) is 10.4. The van der Waals surface area contributed by atoms with Gasteiger partial charge in [-0.25, -0.2) is 0 Å². The lowest BCUT2D eigenvalue weighted by Gasteiger charge is -2.08. The topological polar surface area (TPSA) is 47.0 Å². The molecule has 16 heavy (non-hydrogen) atoms. The average molecular weight is 223 g/mol. The molecule has 1 heterocycles. The van der Waals surface area contributed by atoms with Crippen LogP contribution in [0.5, 0.6) is 5.88 Å². The molecule has 0 atom stereocenters. The molecule has 4 nitrogen and oxygen atoms in total. The minimum Gasteiger partial charge on any atom is -0.477 e. The van der Waals surface area contributed by atoms with E-state index in [-0.39, 0.29) is 0 Å². The van der Waals surface area contributed by atoms with Gasteiger partial charge in [0.25, 0.3) is 0 Å². The Balaban J connectivity index is 2.33. The molecule has 0 saturated heterocycles. The minimum atomic E-state index is 0.599. The smallest absolute Gasteiger partial charge is 0.234 e. The van der Waals surface area contributed by atoms with Crippen LogP contribution < -0.4 is 10.1 Å². The monoisotopic (exact) mass is 223 g/mol. The summed E-state index contributed by atoms with van der Waals surface area (Å²) in [5.74, 6) is 2.09. The molecule has 0 radical (unpaired) electrons. The molecule has 0 spiro atoms. The summed E-state index contributed by atoms with van der Waals surface area (Å²) in [5, 5.41) is 3.10. The zero-order valence-electron chi connectivity index (χ0n) is 10.4. The number of nitrogens with zero attached hydrogens (tertiary/aromatic N) is 2. The summed E-state index contributed by atoms with van der Waals surface area (Å²) < 4.78 is 5.53. The second-order valence-electron chi connectivity index (χ2n) is 4.16. The number of aromatic nitrogens is 2. The summed E-state index contributed by atoms with van der Waals surface area (Å²) in [6.45, 7) is 8.00. The van der Waals surface area contributed by atoms with E-state index in [1.165, 1.54) is 6.42 Å². The van der Waals surface area contributed by atoms with Crippen molar-refractivity contribution >= 4 is 5.82 Å². The first-order chi connectivity index (χ1) is 7.72. The molecule has 0 aliphatic carbocycles. The van der Waals surface area contributed by atoms with E-state index in [0.29, 0.717) is 12.5 Å². The predicted octanol–water partition coefficient (Wildman–Crippen LogP) is 2.72. The van der Waals surface area contributed by atoms with Crippen molar-refractivity contribution in [1.29, 1.82) is 0 Å². The maximum atomic E-state index is 5.53. The van der Waals surface area contributed by atoms with Crippen molar-refractivity contribution in [2.24, 2.45) is 5.92 Å². The predicted molar refractivity (Wildman–Crippen MR) is 65.8 cm³/mol. The highest BCUT2D eigenvalue weighted by molar-refractivity contribution is 5.32. The first-order valence-electron chi connectivity index (χ1n) is 5.91. The van der Waals surface area contributed by atoms with Gasteiger partial charge in [0.2, 0.25) is 5.88 Å². The van der Waals surface area contributed by atoms with Crippen LogP contribution in [0.4, 0.5) is 5.82 Å². The first-order valence-corrected chi connectivity index (χ1v) is 5.91. The minimum absolute atomic E-state index is 0.599.